The van der Waals surface area contributed by atoms with Gasteiger partial charge in [-0.25, -0.2) is 8.78 Å². The van der Waals surface area contributed by atoms with Gasteiger partial charge in [-0.2, -0.15) is 0 Å². The Balaban J connectivity index is 2.75. The maximum atomic E-state index is 12.7. The number of alkyl halides is 2. The fraction of sp³-hybridized carbons (Fsp3) is 0.667. The lowest BCUT2D eigenvalue weighted by Gasteiger charge is -2.34. The minimum Gasteiger partial charge on any atom is -0.481 e. The summed E-state index contributed by atoms with van der Waals surface area (Å²) in [6.07, 6.45) is 0.541. The molecule has 0 spiro atoms. The molecule has 13 heavy (non-hydrogen) atoms. The summed E-state index contributed by atoms with van der Waals surface area (Å²) in [5.41, 5.74) is -1.12. The Bertz CT molecular complexity index is 226. The molecule has 0 amide bonds. The number of rotatable bonds is 2. The van der Waals surface area contributed by atoms with E-state index in [9.17, 15) is 13.6 Å². The van der Waals surface area contributed by atoms with E-state index >= 15 is 0 Å². The molecule has 74 valence electrons. The number of carboxylic acid groups (broad SMARTS) is 1. The van der Waals surface area contributed by atoms with Crippen molar-refractivity contribution in [1.29, 1.82) is 0 Å². The zero-order valence-electron chi connectivity index (χ0n) is 7.22. The zero-order valence-corrected chi connectivity index (χ0v) is 7.22. The van der Waals surface area contributed by atoms with Gasteiger partial charge in [-0.05, 0) is 12.8 Å². The molecule has 4 heteroatoms. The van der Waals surface area contributed by atoms with Crippen LogP contribution in [0.1, 0.15) is 25.7 Å². The molecular formula is C9H12F2O2. The number of hydrogen-bond donors (Lipinski definition) is 1. The van der Waals surface area contributed by atoms with Gasteiger partial charge in [0.2, 0.25) is 5.92 Å². The van der Waals surface area contributed by atoms with Crippen LogP contribution in [0.3, 0.4) is 0 Å². The summed E-state index contributed by atoms with van der Waals surface area (Å²) in [7, 11) is 0. The fourth-order valence-corrected chi connectivity index (χ4v) is 1.57. The lowest BCUT2D eigenvalue weighted by Crippen LogP contribution is -2.37. The van der Waals surface area contributed by atoms with Crippen molar-refractivity contribution in [3.63, 3.8) is 0 Å². The summed E-state index contributed by atoms with van der Waals surface area (Å²) < 4.78 is 25.4. The van der Waals surface area contributed by atoms with Crippen molar-refractivity contribution in [1.82, 2.24) is 0 Å². The molecule has 0 radical (unpaired) electrons. The van der Waals surface area contributed by atoms with E-state index in [-0.39, 0.29) is 25.7 Å². The third kappa shape index (κ3) is 1.87. The summed E-state index contributed by atoms with van der Waals surface area (Å²) in [5.74, 6) is -3.74. The third-order valence-electron chi connectivity index (χ3n) is 2.69. The monoisotopic (exact) mass is 190 g/mol. The molecule has 0 aliphatic heterocycles. The molecule has 0 atom stereocenters. The molecule has 0 aromatic heterocycles. The van der Waals surface area contributed by atoms with Crippen molar-refractivity contribution in [2.45, 2.75) is 31.6 Å². The van der Waals surface area contributed by atoms with Crippen molar-refractivity contribution in [3.8, 4) is 0 Å². The lowest BCUT2D eigenvalue weighted by molar-refractivity contribution is -0.152. The van der Waals surface area contributed by atoms with Crippen molar-refractivity contribution in [2.75, 3.05) is 0 Å². The molecule has 0 saturated heterocycles. The van der Waals surface area contributed by atoms with Gasteiger partial charge in [-0.3, -0.25) is 4.79 Å². The normalized spacial score (nSPS) is 25.1. The van der Waals surface area contributed by atoms with Crippen LogP contribution in [0.4, 0.5) is 8.78 Å². The summed E-state index contributed by atoms with van der Waals surface area (Å²) >= 11 is 0. The second-order valence-electron chi connectivity index (χ2n) is 3.52. The molecule has 1 saturated carbocycles. The van der Waals surface area contributed by atoms with Gasteiger partial charge in [0.15, 0.2) is 0 Å². The van der Waals surface area contributed by atoms with E-state index in [4.69, 9.17) is 5.11 Å². The van der Waals surface area contributed by atoms with Crippen LogP contribution < -0.4 is 0 Å². The van der Waals surface area contributed by atoms with Gasteiger partial charge < -0.3 is 5.11 Å². The summed E-state index contributed by atoms with van der Waals surface area (Å²) in [5, 5.41) is 8.84. The average molecular weight is 190 g/mol. The highest BCUT2D eigenvalue weighted by atomic mass is 19.3. The average Bonchev–Trinajstić information content (AvgIpc) is 2.05. The van der Waals surface area contributed by atoms with Gasteiger partial charge in [-0.15, -0.1) is 6.58 Å². The quantitative estimate of drug-likeness (QED) is 0.679. The molecule has 2 nitrogen and oxygen atoms in total. The highest BCUT2D eigenvalue weighted by Crippen LogP contribution is 2.44. The predicted molar refractivity (Wildman–Crippen MR) is 43.7 cm³/mol. The molecule has 1 aliphatic carbocycles. The first-order valence-corrected chi connectivity index (χ1v) is 4.17. The van der Waals surface area contributed by atoms with E-state index in [0.29, 0.717) is 0 Å². The highest BCUT2D eigenvalue weighted by molar-refractivity contribution is 5.77. The number of hydrogen-bond acceptors (Lipinski definition) is 1. The van der Waals surface area contributed by atoms with Gasteiger partial charge >= 0.3 is 5.97 Å². The van der Waals surface area contributed by atoms with E-state index in [1.165, 1.54) is 6.08 Å². The van der Waals surface area contributed by atoms with E-state index in [2.05, 4.69) is 6.58 Å². The van der Waals surface area contributed by atoms with Gasteiger partial charge in [0.05, 0.1) is 5.41 Å². The molecule has 1 N–H and O–H groups in total. The van der Waals surface area contributed by atoms with Crippen molar-refractivity contribution in [2.24, 2.45) is 5.41 Å². The van der Waals surface area contributed by atoms with Crippen LogP contribution in [0.2, 0.25) is 0 Å². The first-order chi connectivity index (χ1) is 5.92. The van der Waals surface area contributed by atoms with Crippen LogP contribution in [0.15, 0.2) is 12.7 Å². The van der Waals surface area contributed by atoms with E-state index in [1.807, 2.05) is 0 Å². The Morgan fingerprint density at radius 1 is 1.31 bits per heavy atom. The van der Waals surface area contributed by atoms with Crippen LogP contribution >= 0.6 is 0 Å². The minimum atomic E-state index is -2.69. The Morgan fingerprint density at radius 2 is 1.77 bits per heavy atom. The van der Waals surface area contributed by atoms with Gasteiger partial charge in [0.1, 0.15) is 0 Å². The molecule has 0 bridgehead atoms. The second-order valence-corrected chi connectivity index (χ2v) is 3.52. The zero-order chi connectivity index (χ0) is 10.1. The van der Waals surface area contributed by atoms with Crippen LogP contribution in [0, 0.1) is 5.41 Å². The largest absolute Gasteiger partial charge is 0.481 e. The summed E-state index contributed by atoms with van der Waals surface area (Å²) in [6, 6.07) is 0. The smallest absolute Gasteiger partial charge is 0.313 e. The highest BCUT2D eigenvalue weighted by Gasteiger charge is 2.45. The van der Waals surface area contributed by atoms with Gasteiger partial charge in [0, 0.05) is 12.8 Å². The minimum absolute atomic E-state index is 0.0150. The topological polar surface area (TPSA) is 37.3 Å². The van der Waals surface area contributed by atoms with Crippen molar-refractivity contribution in [3.05, 3.63) is 12.7 Å². The van der Waals surface area contributed by atoms with Crippen LogP contribution in [-0.2, 0) is 4.79 Å². The molecule has 1 aliphatic rings. The predicted octanol–water partition coefficient (Wildman–Crippen LogP) is 2.45. The Labute approximate surface area is 75.3 Å². The van der Waals surface area contributed by atoms with Crippen LogP contribution in [0.25, 0.3) is 0 Å². The maximum Gasteiger partial charge on any atom is 0.313 e. The molecule has 0 heterocycles. The molecular weight excluding hydrogens is 178 g/mol. The molecule has 0 aromatic carbocycles. The number of halogens is 2. The first kappa shape index (κ1) is 10.2. The van der Waals surface area contributed by atoms with Gasteiger partial charge in [0.25, 0.3) is 0 Å². The van der Waals surface area contributed by atoms with E-state index < -0.39 is 17.3 Å². The van der Waals surface area contributed by atoms with Crippen molar-refractivity contribution >= 4 is 5.97 Å². The molecule has 1 fully saturated rings. The van der Waals surface area contributed by atoms with Crippen LogP contribution in [-0.4, -0.2) is 17.0 Å². The Morgan fingerprint density at radius 3 is 2.08 bits per heavy atom. The standard InChI is InChI=1S/C9H12F2O2/c1-2-8(7(12)13)3-5-9(10,11)6-4-8/h2H,1,3-6H2,(H,12,13). The van der Waals surface area contributed by atoms with Crippen LogP contribution in [0.5, 0.6) is 0 Å². The Hall–Kier alpha value is -0.930. The molecule has 0 aromatic rings. The number of carboxylic acids is 1. The first-order valence-electron chi connectivity index (χ1n) is 4.17. The SMILES string of the molecule is C=CC1(C(=O)O)CCC(F)(F)CC1. The molecule has 0 unspecified atom stereocenters. The van der Waals surface area contributed by atoms with E-state index in [1.54, 1.807) is 0 Å². The lowest BCUT2D eigenvalue weighted by atomic mass is 9.73. The number of carbonyl (C=O) groups is 1. The van der Waals surface area contributed by atoms with Gasteiger partial charge in [-0.1, -0.05) is 6.08 Å². The summed E-state index contributed by atoms with van der Waals surface area (Å²) in [4.78, 5) is 10.8. The fourth-order valence-electron chi connectivity index (χ4n) is 1.57. The maximum absolute atomic E-state index is 12.7. The number of aliphatic carboxylic acids is 1. The molecule has 1 rings (SSSR count). The second kappa shape index (κ2) is 3.09. The Kier molecular flexibility index (Phi) is 2.41. The summed E-state index contributed by atoms with van der Waals surface area (Å²) in [6.45, 7) is 3.40. The van der Waals surface area contributed by atoms with Crippen molar-refractivity contribution < 1.29 is 18.7 Å². The third-order valence-corrected chi connectivity index (χ3v) is 2.69. The van der Waals surface area contributed by atoms with E-state index in [0.717, 1.165) is 0 Å².